The number of carbonyl (C=O) groups excluding carboxylic acids is 2. The third kappa shape index (κ3) is 6.91. The van der Waals surface area contributed by atoms with Gasteiger partial charge in [-0.15, -0.1) is 0 Å². The van der Waals surface area contributed by atoms with Crippen molar-refractivity contribution in [1.29, 1.82) is 5.26 Å². The van der Waals surface area contributed by atoms with Crippen LogP contribution in [0.3, 0.4) is 0 Å². The molecule has 168 valence electrons. The van der Waals surface area contributed by atoms with Crippen molar-refractivity contribution >= 4 is 17.5 Å². The lowest BCUT2D eigenvalue weighted by atomic mass is 10.0. The number of nitriles is 1. The molecule has 0 aromatic heterocycles. The Labute approximate surface area is 189 Å². The predicted octanol–water partition coefficient (Wildman–Crippen LogP) is 2.90. The molecule has 0 radical (unpaired) electrons. The van der Waals surface area contributed by atoms with Crippen LogP contribution in [0.15, 0.2) is 60.7 Å². The van der Waals surface area contributed by atoms with E-state index < -0.39 is 0 Å². The van der Waals surface area contributed by atoms with E-state index >= 15 is 0 Å². The van der Waals surface area contributed by atoms with Crippen LogP contribution >= 0.6 is 0 Å². The number of rotatable bonds is 10. The lowest BCUT2D eigenvalue weighted by molar-refractivity contribution is -0.125. The first-order valence-electron chi connectivity index (χ1n) is 11.0. The Bertz CT molecular complexity index is 892. The fourth-order valence-corrected chi connectivity index (χ4v) is 3.84. The van der Waals surface area contributed by atoms with E-state index in [1.54, 1.807) is 4.90 Å². The van der Waals surface area contributed by atoms with E-state index in [2.05, 4.69) is 28.4 Å². The van der Waals surface area contributed by atoms with Crippen LogP contribution in [0.1, 0.15) is 30.9 Å². The molecule has 3 rings (SSSR count). The number of para-hydroxylation sites is 1. The van der Waals surface area contributed by atoms with Crippen molar-refractivity contribution < 1.29 is 14.3 Å². The Morgan fingerprint density at radius 3 is 2.34 bits per heavy atom. The van der Waals surface area contributed by atoms with Crippen LogP contribution in [0.5, 0.6) is 0 Å². The van der Waals surface area contributed by atoms with Crippen molar-refractivity contribution in [2.75, 3.05) is 44.3 Å². The Balaban J connectivity index is 1.55. The van der Waals surface area contributed by atoms with E-state index in [1.165, 1.54) is 0 Å². The van der Waals surface area contributed by atoms with Gasteiger partial charge in [-0.25, -0.2) is 0 Å². The minimum Gasteiger partial charge on any atom is -0.379 e. The first kappa shape index (κ1) is 23.5. The van der Waals surface area contributed by atoms with Crippen molar-refractivity contribution in [3.63, 3.8) is 0 Å². The predicted molar refractivity (Wildman–Crippen MR) is 123 cm³/mol. The van der Waals surface area contributed by atoms with Crippen LogP contribution in [0.4, 0.5) is 5.69 Å². The Morgan fingerprint density at radius 2 is 1.69 bits per heavy atom. The molecule has 0 saturated carbocycles. The number of amides is 2. The summed E-state index contributed by atoms with van der Waals surface area (Å²) in [7, 11) is 0. The maximum Gasteiger partial charge on any atom is 0.227 e. The summed E-state index contributed by atoms with van der Waals surface area (Å²) in [5, 5.41) is 11.9. The van der Waals surface area contributed by atoms with Gasteiger partial charge in [-0.1, -0.05) is 48.5 Å². The second-order valence-electron chi connectivity index (χ2n) is 7.67. The summed E-state index contributed by atoms with van der Waals surface area (Å²) in [5.41, 5.74) is 1.89. The molecule has 32 heavy (non-hydrogen) atoms. The number of anilines is 1. The Kier molecular flexibility index (Phi) is 9.23. The van der Waals surface area contributed by atoms with Crippen molar-refractivity contribution in [2.45, 2.75) is 25.3 Å². The Morgan fingerprint density at radius 1 is 1.03 bits per heavy atom. The first-order chi connectivity index (χ1) is 15.7. The molecule has 1 saturated heterocycles. The lowest BCUT2D eigenvalue weighted by Crippen LogP contribution is -2.44. The second-order valence-corrected chi connectivity index (χ2v) is 7.67. The molecule has 1 heterocycles. The van der Waals surface area contributed by atoms with E-state index in [9.17, 15) is 9.59 Å². The van der Waals surface area contributed by atoms with Gasteiger partial charge in [0.25, 0.3) is 0 Å². The number of nitrogens with zero attached hydrogens (tertiary/aromatic N) is 3. The second kappa shape index (κ2) is 12.6. The molecule has 2 aromatic carbocycles. The SMILES string of the molecule is N#CCCN(C(=O)CCC(=O)NCC(c1ccccc1)N1CCOCC1)c1ccccc1. The molecule has 2 amide bonds. The van der Waals surface area contributed by atoms with E-state index in [1.807, 2.05) is 48.5 Å². The highest BCUT2D eigenvalue weighted by atomic mass is 16.5. The summed E-state index contributed by atoms with van der Waals surface area (Å²) in [6.07, 6.45) is 0.449. The summed E-state index contributed by atoms with van der Waals surface area (Å²) in [5.74, 6) is -0.310. The van der Waals surface area contributed by atoms with Crippen LogP contribution in [-0.2, 0) is 14.3 Å². The Hall–Kier alpha value is -3.21. The van der Waals surface area contributed by atoms with Gasteiger partial charge in [-0.05, 0) is 17.7 Å². The summed E-state index contributed by atoms with van der Waals surface area (Å²) >= 11 is 0. The number of benzene rings is 2. The van der Waals surface area contributed by atoms with Crippen LogP contribution in [0.25, 0.3) is 0 Å². The van der Waals surface area contributed by atoms with Gasteiger partial charge in [0.15, 0.2) is 0 Å². The molecule has 0 aliphatic carbocycles. The average molecular weight is 435 g/mol. The molecule has 1 atom stereocenters. The number of carbonyl (C=O) groups is 2. The minimum atomic E-state index is -0.158. The molecule has 0 spiro atoms. The highest BCUT2D eigenvalue weighted by Gasteiger charge is 2.23. The largest absolute Gasteiger partial charge is 0.379 e. The smallest absolute Gasteiger partial charge is 0.227 e. The van der Waals surface area contributed by atoms with E-state index in [4.69, 9.17) is 10.00 Å². The number of hydrogen-bond donors (Lipinski definition) is 1. The number of ether oxygens (including phenoxy) is 1. The van der Waals surface area contributed by atoms with Crippen LogP contribution in [-0.4, -0.2) is 56.1 Å². The molecule has 2 aromatic rings. The summed E-state index contributed by atoms with van der Waals surface area (Å²) < 4.78 is 5.47. The molecule has 7 nitrogen and oxygen atoms in total. The highest BCUT2D eigenvalue weighted by Crippen LogP contribution is 2.21. The topological polar surface area (TPSA) is 85.7 Å². The number of nitrogens with one attached hydrogen (secondary N) is 1. The highest BCUT2D eigenvalue weighted by molar-refractivity contribution is 5.95. The normalized spacial score (nSPS) is 14.8. The average Bonchev–Trinajstić information content (AvgIpc) is 2.85. The van der Waals surface area contributed by atoms with Gasteiger partial charge in [-0.3, -0.25) is 14.5 Å². The van der Waals surface area contributed by atoms with Crippen molar-refractivity contribution in [2.24, 2.45) is 0 Å². The van der Waals surface area contributed by atoms with Crippen LogP contribution in [0, 0.1) is 11.3 Å². The van der Waals surface area contributed by atoms with E-state index in [0.29, 0.717) is 26.3 Å². The van der Waals surface area contributed by atoms with E-state index in [-0.39, 0.29) is 37.1 Å². The number of morpholine rings is 1. The van der Waals surface area contributed by atoms with Crippen LogP contribution < -0.4 is 10.2 Å². The maximum absolute atomic E-state index is 12.8. The van der Waals surface area contributed by atoms with Gasteiger partial charge >= 0.3 is 0 Å². The minimum absolute atomic E-state index is 0.0659. The summed E-state index contributed by atoms with van der Waals surface area (Å²) in [4.78, 5) is 29.2. The van der Waals surface area contributed by atoms with Crippen LogP contribution in [0.2, 0.25) is 0 Å². The molecule has 1 unspecified atom stereocenters. The van der Waals surface area contributed by atoms with Gasteiger partial charge < -0.3 is 15.0 Å². The zero-order valence-corrected chi connectivity index (χ0v) is 18.3. The molecule has 7 heteroatoms. The third-order valence-corrected chi connectivity index (χ3v) is 5.55. The standard InChI is InChI=1S/C25H30N4O3/c26-14-7-15-29(22-10-5-2-6-11-22)25(31)13-12-24(30)27-20-23(21-8-3-1-4-9-21)28-16-18-32-19-17-28/h1-6,8-11,23H,7,12-13,15-20H2,(H,27,30). The van der Waals surface area contributed by atoms with Gasteiger partial charge in [0.2, 0.25) is 11.8 Å². The molecule has 0 bridgehead atoms. The van der Waals surface area contributed by atoms with E-state index in [0.717, 1.165) is 24.3 Å². The fraction of sp³-hybridized carbons (Fsp3) is 0.400. The summed E-state index contributed by atoms with van der Waals surface area (Å²) in [6, 6.07) is 21.5. The van der Waals surface area contributed by atoms with Crippen molar-refractivity contribution in [3.05, 3.63) is 66.2 Å². The monoisotopic (exact) mass is 434 g/mol. The molecule has 1 aliphatic rings. The number of hydrogen-bond acceptors (Lipinski definition) is 5. The molecular formula is C25H30N4O3. The van der Waals surface area contributed by atoms with Gasteiger partial charge in [-0.2, -0.15) is 5.26 Å². The zero-order chi connectivity index (χ0) is 22.6. The maximum atomic E-state index is 12.8. The zero-order valence-electron chi connectivity index (χ0n) is 18.3. The quantitative estimate of drug-likeness (QED) is 0.621. The van der Waals surface area contributed by atoms with Gasteiger partial charge in [0.1, 0.15) is 0 Å². The molecular weight excluding hydrogens is 404 g/mol. The van der Waals surface area contributed by atoms with Gasteiger partial charge in [0.05, 0.1) is 31.7 Å². The summed E-state index contributed by atoms with van der Waals surface area (Å²) in [6.45, 7) is 3.80. The molecule has 1 fully saturated rings. The molecule has 1 aliphatic heterocycles. The lowest BCUT2D eigenvalue weighted by Gasteiger charge is -2.35. The third-order valence-electron chi connectivity index (χ3n) is 5.55. The van der Waals surface area contributed by atoms with Crippen molar-refractivity contribution in [1.82, 2.24) is 10.2 Å². The fourth-order valence-electron chi connectivity index (χ4n) is 3.84. The first-order valence-corrected chi connectivity index (χ1v) is 11.0. The van der Waals surface area contributed by atoms with Crippen molar-refractivity contribution in [3.8, 4) is 6.07 Å². The van der Waals surface area contributed by atoms with Gasteiger partial charge in [0, 0.05) is 44.7 Å². The molecule has 1 N–H and O–H groups in total.